The van der Waals surface area contributed by atoms with Gasteiger partial charge in [-0.1, -0.05) is 34.7 Å². The number of aliphatic hydroxyl groups excluding tert-OH is 3. The summed E-state index contributed by atoms with van der Waals surface area (Å²) in [4.78, 5) is 30.6. The number of ether oxygens (including phenoxy) is 4. The number of halogens is 4. The van der Waals surface area contributed by atoms with Gasteiger partial charge in [-0.3, -0.25) is 4.74 Å². The van der Waals surface area contributed by atoms with Crippen molar-refractivity contribution in [1.29, 1.82) is 0 Å². The predicted molar refractivity (Wildman–Crippen MR) is 177 cm³/mol. The van der Waals surface area contributed by atoms with Gasteiger partial charge >= 0.3 is 18.3 Å². The zero-order valence-corrected chi connectivity index (χ0v) is 28.8. The molecule has 19 heteroatoms. The highest BCUT2D eigenvalue weighted by molar-refractivity contribution is 7.22. The SMILES string of the molecule is O=C(O)O[C@@H]1O[C@@H](OC(=O)c2cc(F)c3nc(N4[C@@H]5CC[C@H]4C[C@@H](OCc4c(-c6ccccc6C(F)(F)F)noc4C4CC4)C5)sc3c2)[C@H](O)[C@H](O)[C@@H]1O. The molecule has 4 aromatic rings. The van der Waals surface area contributed by atoms with E-state index in [-0.39, 0.29) is 53.0 Å². The van der Waals surface area contributed by atoms with Gasteiger partial charge in [-0.2, -0.15) is 13.2 Å². The second-order valence-corrected chi connectivity index (χ2v) is 14.8. The first kappa shape index (κ1) is 36.6. The number of nitrogens with zero attached hydrogens (tertiary/aromatic N) is 3. The van der Waals surface area contributed by atoms with Gasteiger partial charge in [-0.25, -0.2) is 19.0 Å². The van der Waals surface area contributed by atoms with Crippen LogP contribution in [0.25, 0.3) is 21.5 Å². The Morgan fingerprint density at radius 2 is 1.65 bits per heavy atom. The van der Waals surface area contributed by atoms with Crippen LogP contribution in [0.2, 0.25) is 0 Å². The third kappa shape index (κ3) is 6.88. The van der Waals surface area contributed by atoms with Gasteiger partial charge < -0.3 is 44.1 Å². The number of aromatic nitrogens is 2. The number of aliphatic hydroxyl groups is 3. The number of piperidine rings is 1. The number of carbonyl (C=O) groups is 2. The third-order valence-corrected chi connectivity index (χ3v) is 11.3. The molecule has 2 aromatic heterocycles. The van der Waals surface area contributed by atoms with Crippen molar-refractivity contribution in [2.75, 3.05) is 4.90 Å². The smallest absolute Gasteiger partial charge is 0.450 e. The summed E-state index contributed by atoms with van der Waals surface area (Å²) in [6, 6.07) is 7.45. The Kier molecular flexibility index (Phi) is 9.50. The van der Waals surface area contributed by atoms with E-state index >= 15 is 4.39 Å². The monoisotopic (exact) mass is 779 g/mol. The van der Waals surface area contributed by atoms with E-state index in [0.29, 0.717) is 34.0 Å². The molecule has 4 N–H and O–H groups in total. The van der Waals surface area contributed by atoms with Gasteiger partial charge in [0, 0.05) is 29.1 Å². The molecule has 0 spiro atoms. The van der Waals surface area contributed by atoms with Crippen LogP contribution in [0.5, 0.6) is 0 Å². The summed E-state index contributed by atoms with van der Waals surface area (Å²) in [5, 5.41) is 43.8. The molecule has 0 unspecified atom stereocenters. The van der Waals surface area contributed by atoms with Crippen LogP contribution in [0, 0.1) is 5.82 Å². The number of hydrogen-bond donors (Lipinski definition) is 4. The number of alkyl halides is 3. The minimum atomic E-state index is -4.58. The Balaban J connectivity index is 0.962. The summed E-state index contributed by atoms with van der Waals surface area (Å²) >= 11 is 1.15. The van der Waals surface area contributed by atoms with E-state index in [9.17, 15) is 38.1 Å². The number of esters is 1. The Bertz CT molecular complexity index is 2060. The topological polar surface area (TPSA) is 194 Å². The molecule has 8 rings (SSSR count). The second kappa shape index (κ2) is 14.0. The highest BCUT2D eigenvalue weighted by Crippen LogP contribution is 2.47. The number of anilines is 1. The van der Waals surface area contributed by atoms with E-state index in [0.717, 1.165) is 49.2 Å². The zero-order chi connectivity index (χ0) is 38.1. The molecule has 4 aliphatic rings. The lowest BCUT2D eigenvalue weighted by Crippen LogP contribution is -2.59. The summed E-state index contributed by atoms with van der Waals surface area (Å²) < 4.78 is 84.0. The molecule has 2 bridgehead atoms. The molecule has 8 atom stereocenters. The lowest BCUT2D eigenvalue weighted by molar-refractivity contribution is -0.327. The van der Waals surface area contributed by atoms with Crippen molar-refractivity contribution in [1.82, 2.24) is 10.1 Å². The summed E-state index contributed by atoms with van der Waals surface area (Å²) in [6.07, 6.45) is -12.0. The van der Waals surface area contributed by atoms with Crippen molar-refractivity contribution in [3.63, 3.8) is 0 Å². The zero-order valence-electron chi connectivity index (χ0n) is 28.0. The van der Waals surface area contributed by atoms with Crippen molar-refractivity contribution in [2.45, 2.75) is 106 Å². The number of benzene rings is 2. The fourth-order valence-electron chi connectivity index (χ4n) is 7.54. The Labute approximate surface area is 306 Å². The maximum Gasteiger partial charge on any atom is 0.508 e. The molecule has 3 aliphatic heterocycles. The van der Waals surface area contributed by atoms with Gasteiger partial charge in [-0.15, -0.1) is 0 Å². The first-order valence-electron chi connectivity index (χ1n) is 17.2. The molecule has 0 amide bonds. The maximum atomic E-state index is 15.4. The van der Waals surface area contributed by atoms with Crippen LogP contribution in [0.15, 0.2) is 40.9 Å². The van der Waals surface area contributed by atoms with Crippen molar-refractivity contribution >= 4 is 38.8 Å². The molecule has 1 aliphatic carbocycles. The average Bonchev–Trinajstić information content (AvgIpc) is 3.64. The highest BCUT2D eigenvalue weighted by Gasteiger charge is 2.48. The van der Waals surface area contributed by atoms with E-state index in [4.69, 9.17) is 23.8 Å². The van der Waals surface area contributed by atoms with E-state index in [1.807, 2.05) is 0 Å². The van der Waals surface area contributed by atoms with E-state index in [1.165, 1.54) is 24.3 Å². The fraction of sp³-hybridized carbons (Fsp3) is 0.486. The van der Waals surface area contributed by atoms with Crippen LogP contribution in [-0.4, -0.2) is 91.8 Å². The molecule has 4 fully saturated rings. The Morgan fingerprint density at radius 1 is 0.963 bits per heavy atom. The molecule has 2 aromatic carbocycles. The molecule has 288 valence electrons. The quantitative estimate of drug-likeness (QED) is 0.126. The molecule has 5 heterocycles. The normalized spacial score (nSPS) is 28.4. The van der Waals surface area contributed by atoms with Crippen LogP contribution in [-0.2, 0) is 31.7 Å². The molecular weight excluding hydrogens is 746 g/mol. The van der Waals surface area contributed by atoms with Crippen molar-refractivity contribution in [3.8, 4) is 11.3 Å². The minimum Gasteiger partial charge on any atom is -0.450 e. The molecular formula is C35H33F4N3O11S. The fourth-order valence-corrected chi connectivity index (χ4v) is 8.71. The first-order chi connectivity index (χ1) is 25.8. The summed E-state index contributed by atoms with van der Waals surface area (Å²) in [7, 11) is 0. The Hall–Kier alpha value is -4.40. The van der Waals surface area contributed by atoms with Gasteiger partial charge in [0.15, 0.2) is 10.9 Å². The van der Waals surface area contributed by atoms with Crippen LogP contribution in [0.4, 0.5) is 27.5 Å². The summed E-state index contributed by atoms with van der Waals surface area (Å²) in [5.74, 6) is -1.36. The van der Waals surface area contributed by atoms with Gasteiger partial charge in [-0.05, 0) is 56.7 Å². The Morgan fingerprint density at radius 3 is 2.31 bits per heavy atom. The number of thiazole rings is 1. The summed E-state index contributed by atoms with van der Waals surface area (Å²) in [6.45, 7) is 0.0297. The van der Waals surface area contributed by atoms with Crippen molar-refractivity contribution < 1.29 is 71.0 Å². The van der Waals surface area contributed by atoms with Gasteiger partial charge in [0.05, 0.1) is 28.5 Å². The molecule has 0 radical (unpaired) electrons. The van der Waals surface area contributed by atoms with Crippen LogP contribution < -0.4 is 4.90 Å². The number of rotatable bonds is 9. The van der Waals surface area contributed by atoms with E-state index in [2.05, 4.69) is 19.8 Å². The van der Waals surface area contributed by atoms with Crippen LogP contribution in [0.1, 0.15) is 71.7 Å². The third-order valence-electron chi connectivity index (χ3n) is 10.3. The molecule has 14 nitrogen and oxygen atoms in total. The summed E-state index contributed by atoms with van der Waals surface area (Å²) in [5.41, 5.74) is -0.492. The minimum absolute atomic E-state index is 0.0125. The largest absolute Gasteiger partial charge is 0.508 e. The number of fused-ring (bicyclic) bond motifs is 3. The average molecular weight is 780 g/mol. The lowest BCUT2D eigenvalue weighted by atomic mass is 9.98. The van der Waals surface area contributed by atoms with Crippen molar-refractivity contribution in [3.05, 3.63) is 64.7 Å². The number of carboxylic acid groups (broad SMARTS) is 1. The standard InChI is InChI=1S/C35H33F4N3O11S/c36-22-9-15(30(46)50-31-27(44)26(43)28(45)32(51-31)52-34(47)48)10-23-25(22)40-33(54-23)42-16-7-8-17(42)12-18(11-16)49-13-20-24(41-53-29(20)14-5-6-14)19-3-1-2-4-21(19)35(37,38)39/h1-4,9-10,14,16-18,26-28,31-32,43-45H,5-8,11-13H2,(H,47,48)/t16-,17+,18+,26-,27+,28-,31+,32-/m0/s1. The molecule has 54 heavy (non-hydrogen) atoms. The van der Waals surface area contributed by atoms with Gasteiger partial charge in [0.25, 0.3) is 0 Å². The van der Waals surface area contributed by atoms with Gasteiger partial charge in [0.2, 0.25) is 12.6 Å². The maximum absolute atomic E-state index is 15.4. The lowest BCUT2D eigenvalue weighted by Gasteiger charge is -2.38. The number of hydrogen-bond acceptors (Lipinski definition) is 14. The molecule has 1 saturated carbocycles. The van der Waals surface area contributed by atoms with E-state index < -0.39 is 60.6 Å². The van der Waals surface area contributed by atoms with Crippen LogP contribution >= 0.6 is 11.3 Å². The second-order valence-electron chi connectivity index (χ2n) is 13.8. The van der Waals surface area contributed by atoms with Crippen LogP contribution in [0.3, 0.4) is 0 Å². The predicted octanol–water partition coefficient (Wildman–Crippen LogP) is 5.32. The van der Waals surface area contributed by atoms with Gasteiger partial charge in [0.1, 0.15) is 35.3 Å². The first-order valence-corrected chi connectivity index (χ1v) is 18.0. The van der Waals surface area contributed by atoms with Crippen molar-refractivity contribution in [2.24, 2.45) is 0 Å². The highest BCUT2D eigenvalue weighted by atomic mass is 32.1. The van der Waals surface area contributed by atoms with E-state index in [1.54, 1.807) is 0 Å². The number of carbonyl (C=O) groups excluding carboxylic acids is 1. The molecule has 3 saturated heterocycles.